The number of nitrogens with zero attached hydrogens (tertiary/aromatic N) is 3. The maximum absolute atomic E-state index is 13.8. The van der Waals surface area contributed by atoms with Crippen LogP contribution in [0.5, 0.6) is 17.2 Å². The summed E-state index contributed by atoms with van der Waals surface area (Å²) in [5.74, 6) is 1.65. The third kappa shape index (κ3) is 6.91. The molecular formula is C33H36BrN3O6. The van der Waals surface area contributed by atoms with E-state index >= 15 is 0 Å². The summed E-state index contributed by atoms with van der Waals surface area (Å²) < 4.78 is 24.2. The molecule has 43 heavy (non-hydrogen) atoms. The first-order chi connectivity index (χ1) is 20.6. The molecule has 4 rings (SSSR count). The number of hydrogen-bond acceptors (Lipinski definition) is 8. The van der Waals surface area contributed by atoms with E-state index in [1.807, 2.05) is 38.1 Å². The summed E-state index contributed by atoms with van der Waals surface area (Å²) in [6.45, 7) is 12.3. The van der Waals surface area contributed by atoms with E-state index in [0.29, 0.717) is 44.9 Å². The molecule has 1 heterocycles. The Balaban J connectivity index is 1.85. The van der Waals surface area contributed by atoms with E-state index in [2.05, 4.69) is 34.9 Å². The Labute approximate surface area is 259 Å². The number of hydrogen-bond donors (Lipinski definition) is 0. The average Bonchev–Trinajstić information content (AvgIpc) is 2.98. The lowest BCUT2D eigenvalue weighted by molar-refractivity contribution is -0.150. The fourth-order valence-corrected chi connectivity index (χ4v) is 5.17. The van der Waals surface area contributed by atoms with Crippen LogP contribution in [0.1, 0.15) is 57.2 Å². The number of para-hydroxylation sites is 1. The van der Waals surface area contributed by atoms with Crippen LogP contribution in [0, 0.1) is 6.92 Å². The normalized spacial score (nSPS) is 12.1. The van der Waals surface area contributed by atoms with Crippen LogP contribution in [0.25, 0.3) is 22.3 Å². The number of methoxy groups -OCH3 is 1. The predicted molar refractivity (Wildman–Crippen MR) is 172 cm³/mol. The van der Waals surface area contributed by atoms with Gasteiger partial charge in [-0.1, -0.05) is 26.0 Å². The van der Waals surface area contributed by atoms with Crippen LogP contribution < -0.4 is 19.8 Å². The molecule has 0 fully saturated rings. The standard InChI is InChI=1S/C33H36BrN3O6/c1-8-41-28-14-20(5)25(17-24(28)19(3)4)31-36-27-13-11-10-12-23(27)32(38)37(31)35-18-22-15-26(34)30(29(16-22)40-7)43-21(6)33(39)42-9-2/h10-19,21H,8-9H2,1-7H3/t21-/m0/s1. The number of halogens is 1. The topological polar surface area (TPSA) is 101 Å². The van der Waals surface area contributed by atoms with Crippen molar-refractivity contribution in [2.45, 2.75) is 53.6 Å². The van der Waals surface area contributed by atoms with E-state index in [0.717, 1.165) is 22.4 Å². The second-order valence-electron chi connectivity index (χ2n) is 10.2. The van der Waals surface area contributed by atoms with Crippen molar-refractivity contribution in [3.8, 4) is 28.6 Å². The Morgan fingerprint density at radius 2 is 1.81 bits per heavy atom. The Bertz CT molecular complexity index is 1730. The predicted octanol–water partition coefficient (Wildman–Crippen LogP) is 6.88. The number of carbonyl (C=O) groups excluding carboxylic acids is 1. The quantitative estimate of drug-likeness (QED) is 0.129. The lowest BCUT2D eigenvalue weighted by Gasteiger charge is -2.18. The van der Waals surface area contributed by atoms with E-state index < -0.39 is 12.1 Å². The lowest BCUT2D eigenvalue weighted by atomic mass is 9.96. The second-order valence-corrected chi connectivity index (χ2v) is 11.0. The van der Waals surface area contributed by atoms with Crippen molar-refractivity contribution < 1.29 is 23.7 Å². The van der Waals surface area contributed by atoms with Gasteiger partial charge in [-0.05, 0) is 103 Å². The SMILES string of the molecule is CCOC(=O)[C@H](C)Oc1c(Br)cc(C=Nn2c(-c3cc(C(C)C)c(OCC)cc3C)nc3ccccc3c2=O)cc1OC. The molecular weight excluding hydrogens is 614 g/mol. The van der Waals surface area contributed by atoms with Crippen molar-refractivity contribution in [1.29, 1.82) is 0 Å². The highest BCUT2D eigenvalue weighted by Gasteiger charge is 2.21. The maximum atomic E-state index is 13.8. The van der Waals surface area contributed by atoms with Crippen molar-refractivity contribution in [2.24, 2.45) is 5.10 Å². The van der Waals surface area contributed by atoms with Crippen LogP contribution in [-0.4, -0.2) is 48.3 Å². The van der Waals surface area contributed by atoms with E-state index in [1.54, 1.807) is 44.3 Å². The van der Waals surface area contributed by atoms with Crippen molar-refractivity contribution in [3.63, 3.8) is 0 Å². The molecule has 0 saturated carbocycles. The Kier molecular flexibility index (Phi) is 10.2. The van der Waals surface area contributed by atoms with Gasteiger partial charge in [-0.25, -0.2) is 9.78 Å². The lowest BCUT2D eigenvalue weighted by Crippen LogP contribution is -2.26. The van der Waals surface area contributed by atoms with Gasteiger partial charge >= 0.3 is 5.97 Å². The summed E-state index contributed by atoms with van der Waals surface area (Å²) in [5, 5.41) is 5.08. The summed E-state index contributed by atoms with van der Waals surface area (Å²) in [6, 6.07) is 14.7. The van der Waals surface area contributed by atoms with Crippen molar-refractivity contribution in [1.82, 2.24) is 9.66 Å². The Hall–Kier alpha value is -4.18. The maximum Gasteiger partial charge on any atom is 0.347 e. The van der Waals surface area contributed by atoms with Gasteiger partial charge in [0.05, 0.1) is 41.9 Å². The minimum atomic E-state index is -0.845. The molecule has 0 aliphatic heterocycles. The molecule has 0 spiro atoms. The highest BCUT2D eigenvalue weighted by molar-refractivity contribution is 9.10. The largest absolute Gasteiger partial charge is 0.494 e. The molecule has 0 N–H and O–H groups in total. The van der Waals surface area contributed by atoms with E-state index in [4.69, 9.17) is 23.9 Å². The van der Waals surface area contributed by atoms with Crippen LogP contribution in [0.3, 0.4) is 0 Å². The van der Waals surface area contributed by atoms with Gasteiger partial charge in [0.1, 0.15) is 5.75 Å². The number of aryl methyl sites for hydroxylation is 1. The smallest absolute Gasteiger partial charge is 0.347 e. The first-order valence-electron chi connectivity index (χ1n) is 14.1. The Morgan fingerprint density at radius 3 is 2.49 bits per heavy atom. The molecule has 9 nitrogen and oxygen atoms in total. The zero-order valence-corrected chi connectivity index (χ0v) is 27.0. The molecule has 3 aromatic carbocycles. The van der Waals surface area contributed by atoms with Gasteiger partial charge in [-0.2, -0.15) is 9.78 Å². The van der Waals surface area contributed by atoms with Gasteiger partial charge in [-0.3, -0.25) is 4.79 Å². The second kappa shape index (κ2) is 13.9. The number of fused-ring (bicyclic) bond motifs is 1. The molecule has 226 valence electrons. The number of esters is 1. The summed E-state index contributed by atoms with van der Waals surface area (Å²) in [7, 11) is 1.50. The number of ether oxygens (including phenoxy) is 4. The number of rotatable bonds is 11. The summed E-state index contributed by atoms with van der Waals surface area (Å²) >= 11 is 3.52. The van der Waals surface area contributed by atoms with Gasteiger partial charge in [0.25, 0.3) is 5.56 Å². The molecule has 1 aromatic heterocycles. The van der Waals surface area contributed by atoms with Gasteiger partial charge in [0, 0.05) is 5.56 Å². The molecule has 0 aliphatic carbocycles. The molecule has 1 atom stereocenters. The fraction of sp³-hybridized carbons (Fsp3) is 0.333. The van der Waals surface area contributed by atoms with Gasteiger partial charge in [0.2, 0.25) is 0 Å². The number of benzene rings is 3. The highest BCUT2D eigenvalue weighted by atomic mass is 79.9. The van der Waals surface area contributed by atoms with Gasteiger partial charge in [-0.15, -0.1) is 0 Å². The third-order valence-electron chi connectivity index (χ3n) is 6.76. The van der Waals surface area contributed by atoms with E-state index in [-0.39, 0.29) is 18.1 Å². The summed E-state index contributed by atoms with van der Waals surface area (Å²) in [4.78, 5) is 30.8. The van der Waals surface area contributed by atoms with Crippen molar-refractivity contribution in [2.75, 3.05) is 20.3 Å². The molecule has 0 radical (unpaired) electrons. The molecule has 0 saturated heterocycles. The van der Waals surface area contributed by atoms with Gasteiger partial charge < -0.3 is 18.9 Å². The number of aromatic nitrogens is 2. The van der Waals surface area contributed by atoms with Crippen molar-refractivity contribution >= 4 is 39.0 Å². The van der Waals surface area contributed by atoms with Crippen LogP contribution in [0.15, 0.2) is 62.9 Å². The van der Waals surface area contributed by atoms with Crippen molar-refractivity contribution in [3.05, 3.63) is 80.0 Å². The van der Waals surface area contributed by atoms with E-state index in [1.165, 1.54) is 11.8 Å². The highest BCUT2D eigenvalue weighted by Crippen LogP contribution is 2.37. The number of carbonyl (C=O) groups is 1. The fourth-order valence-electron chi connectivity index (χ4n) is 4.61. The minimum Gasteiger partial charge on any atom is -0.494 e. The van der Waals surface area contributed by atoms with E-state index in [9.17, 15) is 9.59 Å². The molecule has 0 amide bonds. The molecule has 0 aliphatic rings. The van der Waals surface area contributed by atoms with Gasteiger partial charge in [0.15, 0.2) is 23.4 Å². The zero-order valence-electron chi connectivity index (χ0n) is 25.4. The molecule has 0 bridgehead atoms. The first-order valence-corrected chi connectivity index (χ1v) is 14.9. The summed E-state index contributed by atoms with van der Waals surface area (Å²) in [6.07, 6.45) is 0.711. The zero-order chi connectivity index (χ0) is 31.3. The average molecular weight is 651 g/mol. The Morgan fingerprint density at radius 1 is 1.07 bits per heavy atom. The minimum absolute atomic E-state index is 0.183. The van der Waals surface area contributed by atoms with Crippen LogP contribution in [0.2, 0.25) is 0 Å². The van der Waals surface area contributed by atoms with Crippen LogP contribution >= 0.6 is 15.9 Å². The molecule has 0 unspecified atom stereocenters. The van der Waals surface area contributed by atoms with Crippen LogP contribution in [0.4, 0.5) is 0 Å². The molecule has 10 heteroatoms. The monoisotopic (exact) mass is 649 g/mol. The summed E-state index contributed by atoms with van der Waals surface area (Å²) in [5.41, 5.74) is 3.60. The third-order valence-corrected chi connectivity index (χ3v) is 7.35. The first kappa shape index (κ1) is 31.7. The molecule has 4 aromatic rings. The van der Waals surface area contributed by atoms with Crippen LogP contribution in [-0.2, 0) is 9.53 Å².